The van der Waals surface area contributed by atoms with Crippen LogP contribution in [0.1, 0.15) is 31.2 Å². The fourth-order valence-electron chi connectivity index (χ4n) is 1.53. The Hall–Kier alpha value is -1.02. The predicted octanol–water partition coefficient (Wildman–Crippen LogP) is 2.27. The van der Waals surface area contributed by atoms with Crippen LogP contribution in [-0.4, -0.2) is 16.8 Å². The van der Waals surface area contributed by atoms with Crippen molar-refractivity contribution in [2.24, 2.45) is 0 Å². The third kappa shape index (κ3) is 2.46. The van der Waals surface area contributed by atoms with Crippen molar-refractivity contribution >= 4 is 0 Å². The number of aromatic hydroxyl groups is 1. The summed E-state index contributed by atoms with van der Waals surface area (Å²) in [6.07, 6.45) is 1.92. The first-order valence-electron chi connectivity index (χ1n) is 4.68. The number of aliphatic hydroxyl groups is 1. The van der Waals surface area contributed by atoms with Crippen LogP contribution in [0.4, 0.5) is 0 Å². The van der Waals surface area contributed by atoms with E-state index in [9.17, 15) is 5.11 Å². The van der Waals surface area contributed by atoms with Crippen molar-refractivity contribution in [2.45, 2.75) is 25.7 Å². The molecule has 0 aliphatic rings. The number of hydrogen-bond donors (Lipinski definition) is 2. The maximum atomic E-state index is 9.53. The van der Waals surface area contributed by atoms with Crippen LogP contribution in [0.2, 0.25) is 0 Å². The van der Waals surface area contributed by atoms with Gasteiger partial charge in [0.25, 0.3) is 0 Å². The van der Waals surface area contributed by atoms with Gasteiger partial charge in [0.05, 0.1) is 6.61 Å². The number of aliphatic hydroxyl groups excluding tert-OH is 1. The van der Waals surface area contributed by atoms with E-state index < -0.39 is 0 Å². The van der Waals surface area contributed by atoms with Gasteiger partial charge in [0.1, 0.15) is 5.75 Å². The largest absolute Gasteiger partial charge is 0.508 e. The highest BCUT2D eigenvalue weighted by atomic mass is 16.3. The maximum absolute atomic E-state index is 9.53. The Bertz CT molecular complexity index is 258. The SMILES string of the molecule is CCCC(CO)c1ccccc1O. The van der Waals surface area contributed by atoms with Gasteiger partial charge in [-0.15, -0.1) is 0 Å². The molecule has 72 valence electrons. The molecule has 0 amide bonds. The molecular weight excluding hydrogens is 164 g/mol. The molecule has 1 unspecified atom stereocenters. The average molecular weight is 180 g/mol. The van der Waals surface area contributed by atoms with Gasteiger partial charge in [-0.1, -0.05) is 31.5 Å². The van der Waals surface area contributed by atoms with Crippen LogP contribution in [0.3, 0.4) is 0 Å². The zero-order chi connectivity index (χ0) is 9.68. The maximum Gasteiger partial charge on any atom is 0.119 e. The van der Waals surface area contributed by atoms with Gasteiger partial charge in [-0.05, 0) is 18.1 Å². The third-order valence-electron chi connectivity index (χ3n) is 2.23. The average Bonchev–Trinajstić information content (AvgIpc) is 2.16. The van der Waals surface area contributed by atoms with Gasteiger partial charge < -0.3 is 10.2 Å². The third-order valence-corrected chi connectivity index (χ3v) is 2.23. The van der Waals surface area contributed by atoms with E-state index in [0.717, 1.165) is 18.4 Å². The van der Waals surface area contributed by atoms with Gasteiger partial charge in [-0.3, -0.25) is 0 Å². The van der Waals surface area contributed by atoms with E-state index in [1.807, 2.05) is 12.1 Å². The molecule has 0 aliphatic carbocycles. The summed E-state index contributed by atoms with van der Waals surface area (Å²) in [5.41, 5.74) is 0.854. The molecule has 1 aromatic carbocycles. The van der Waals surface area contributed by atoms with Gasteiger partial charge >= 0.3 is 0 Å². The second-order valence-electron chi connectivity index (χ2n) is 3.23. The Morgan fingerprint density at radius 2 is 2.00 bits per heavy atom. The van der Waals surface area contributed by atoms with E-state index in [2.05, 4.69) is 6.92 Å². The van der Waals surface area contributed by atoms with Gasteiger partial charge in [0, 0.05) is 5.92 Å². The number of rotatable bonds is 4. The minimum absolute atomic E-state index is 0.0752. The van der Waals surface area contributed by atoms with E-state index in [4.69, 9.17) is 5.11 Å². The molecule has 1 atom stereocenters. The number of benzene rings is 1. The molecule has 0 saturated heterocycles. The Kier molecular flexibility index (Phi) is 3.77. The van der Waals surface area contributed by atoms with Gasteiger partial charge in [-0.25, -0.2) is 0 Å². The lowest BCUT2D eigenvalue weighted by Crippen LogP contribution is -2.03. The zero-order valence-corrected chi connectivity index (χ0v) is 7.90. The highest BCUT2D eigenvalue weighted by molar-refractivity contribution is 5.34. The molecule has 2 nitrogen and oxygen atoms in total. The first-order chi connectivity index (χ1) is 6.29. The summed E-state index contributed by atoms with van der Waals surface area (Å²) < 4.78 is 0. The number of phenols is 1. The predicted molar refractivity (Wildman–Crippen MR) is 52.8 cm³/mol. The van der Waals surface area contributed by atoms with Crippen LogP contribution in [0.25, 0.3) is 0 Å². The molecule has 0 aliphatic heterocycles. The molecule has 0 saturated carbocycles. The molecule has 2 N–H and O–H groups in total. The van der Waals surface area contributed by atoms with Gasteiger partial charge in [0.2, 0.25) is 0 Å². The Balaban J connectivity index is 2.84. The standard InChI is InChI=1S/C11H16O2/c1-2-5-9(8-12)10-6-3-4-7-11(10)13/h3-4,6-7,9,12-13H,2,5,8H2,1H3. The second-order valence-corrected chi connectivity index (χ2v) is 3.23. The molecule has 0 aromatic heterocycles. The van der Waals surface area contributed by atoms with Crippen molar-refractivity contribution in [2.75, 3.05) is 6.61 Å². The monoisotopic (exact) mass is 180 g/mol. The first-order valence-corrected chi connectivity index (χ1v) is 4.68. The normalized spacial score (nSPS) is 12.8. The van der Waals surface area contributed by atoms with Gasteiger partial charge in [-0.2, -0.15) is 0 Å². The highest BCUT2D eigenvalue weighted by Gasteiger charge is 2.12. The van der Waals surface area contributed by atoms with Crippen LogP contribution in [0.5, 0.6) is 5.75 Å². The van der Waals surface area contributed by atoms with Crippen LogP contribution in [0, 0.1) is 0 Å². The lowest BCUT2D eigenvalue weighted by Gasteiger charge is -2.14. The number of para-hydroxylation sites is 1. The quantitative estimate of drug-likeness (QED) is 0.746. The van der Waals surface area contributed by atoms with Gasteiger partial charge in [0.15, 0.2) is 0 Å². The fraction of sp³-hybridized carbons (Fsp3) is 0.455. The van der Waals surface area contributed by atoms with Crippen LogP contribution < -0.4 is 0 Å². The second kappa shape index (κ2) is 4.87. The molecule has 0 heterocycles. The minimum atomic E-state index is 0.0752. The van der Waals surface area contributed by atoms with Crippen molar-refractivity contribution in [3.63, 3.8) is 0 Å². The van der Waals surface area contributed by atoms with E-state index in [1.165, 1.54) is 0 Å². The van der Waals surface area contributed by atoms with E-state index in [0.29, 0.717) is 0 Å². The van der Waals surface area contributed by atoms with E-state index in [-0.39, 0.29) is 18.3 Å². The van der Waals surface area contributed by atoms with Crippen molar-refractivity contribution < 1.29 is 10.2 Å². The van der Waals surface area contributed by atoms with Crippen molar-refractivity contribution in [3.05, 3.63) is 29.8 Å². The van der Waals surface area contributed by atoms with E-state index in [1.54, 1.807) is 12.1 Å². The zero-order valence-electron chi connectivity index (χ0n) is 7.90. The van der Waals surface area contributed by atoms with E-state index >= 15 is 0 Å². The summed E-state index contributed by atoms with van der Waals surface area (Å²) in [5.74, 6) is 0.362. The summed E-state index contributed by atoms with van der Waals surface area (Å²) in [5, 5.41) is 18.7. The summed E-state index contributed by atoms with van der Waals surface area (Å²) in [6.45, 7) is 2.17. The molecule has 1 aromatic rings. The summed E-state index contributed by atoms with van der Waals surface area (Å²) in [7, 11) is 0. The lowest BCUT2D eigenvalue weighted by atomic mass is 9.95. The summed E-state index contributed by atoms with van der Waals surface area (Å²) in [4.78, 5) is 0. The first kappa shape index (κ1) is 10.1. The summed E-state index contributed by atoms with van der Waals surface area (Å²) in [6, 6.07) is 7.20. The molecule has 0 bridgehead atoms. The molecule has 0 spiro atoms. The molecular formula is C11H16O2. The topological polar surface area (TPSA) is 40.5 Å². The molecule has 0 fully saturated rings. The highest BCUT2D eigenvalue weighted by Crippen LogP contribution is 2.28. The molecule has 2 heteroatoms. The number of hydrogen-bond acceptors (Lipinski definition) is 2. The van der Waals surface area contributed by atoms with Crippen molar-refractivity contribution in [1.29, 1.82) is 0 Å². The Labute approximate surface area is 78.8 Å². The Morgan fingerprint density at radius 1 is 1.31 bits per heavy atom. The lowest BCUT2D eigenvalue weighted by molar-refractivity contribution is 0.255. The minimum Gasteiger partial charge on any atom is -0.508 e. The summed E-state index contributed by atoms with van der Waals surface area (Å²) >= 11 is 0. The fourth-order valence-corrected chi connectivity index (χ4v) is 1.53. The smallest absolute Gasteiger partial charge is 0.119 e. The van der Waals surface area contributed by atoms with Crippen molar-refractivity contribution in [1.82, 2.24) is 0 Å². The molecule has 1 rings (SSSR count). The Morgan fingerprint density at radius 3 is 2.54 bits per heavy atom. The van der Waals surface area contributed by atoms with Crippen LogP contribution in [0.15, 0.2) is 24.3 Å². The number of phenolic OH excluding ortho intramolecular Hbond substituents is 1. The molecule has 13 heavy (non-hydrogen) atoms. The van der Waals surface area contributed by atoms with Crippen LogP contribution >= 0.6 is 0 Å². The van der Waals surface area contributed by atoms with Crippen LogP contribution in [-0.2, 0) is 0 Å². The van der Waals surface area contributed by atoms with Crippen molar-refractivity contribution in [3.8, 4) is 5.75 Å². The molecule has 0 radical (unpaired) electrons.